The zero-order valence-electron chi connectivity index (χ0n) is 13.5. The van der Waals surface area contributed by atoms with Gasteiger partial charge in [-0.1, -0.05) is 31.4 Å². The molecule has 0 saturated heterocycles. The molecule has 128 valence electrons. The van der Waals surface area contributed by atoms with Crippen LogP contribution in [0.5, 0.6) is 5.75 Å². The van der Waals surface area contributed by atoms with Gasteiger partial charge in [0.15, 0.2) is 0 Å². The van der Waals surface area contributed by atoms with Gasteiger partial charge >= 0.3 is 11.9 Å². The first-order chi connectivity index (χ1) is 11.0. The van der Waals surface area contributed by atoms with Crippen molar-refractivity contribution in [3.63, 3.8) is 0 Å². The fourth-order valence-corrected chi connectivity index (χ4v) is 2.52. The van der Waals surface area contributed by atoms with Crippen molar-refractivity contribution in [3.05, 3.63) is 29.8 Å². The second-order valence-corrected chi connectivity index (χ2v) is 5.50. The number of carboxylic acid groups (broad SMARTS) is 2. The molecule has 1 saturated carbocycles. The molecule has 0 bridgehead atoms. The van der Waals surface area contributed by atoms with Gasteiger partial charge in [0.1, 0.15) is 5.75 Å². The van der Waals surface area contributed by atoms with Crippen LogP contribution in [0.3, 0.4) is 0 Å². The first-order valence-electron chi connectivity index (χ1n) is 7.85. The predicted molar refractivity (Wildman–Crippen MR) is 86.8 cm³/mol. The second-order valence-electron chi connectivity index (χ2n) is 5.50. The third-order valence-electron chi connectivity index (χ3n) is 3.79. The molecule has 2 rings (SSSR count). The molecule has 1 aromatic rings. The van der Waals surface area contributed by atoms with Crippen LogP contribution in [0.4, 0.5) is 0 Å². The third kappa shape index (κ3) is 8.21. The minimum absolute atomic E-state index is 0.766. The van der Waals surface area contributed by atoms with Crippen LogP contribution >= 0.6 is 0 Å². The van der Waals surface area contributed by atoms with Crippen molar-refractivity contribution >= 4 is 11.9 Å². The summed E-state index contributed by atoms with van der Waals surface area (Å²) < 4.78 is 5.15. The first kappa shape index (κ1) is 19.0. The van der Waals surface area contributed by atoms with E-state index in [0.29, 0.717) is 0 Å². The van der Waals surface area contributed by atoms with Crippen LogP contribution in [0.25, 0.3) is 0 Å². The summed E-state index contributed by atoms with van der Waals surface area (Å²) >= 11 is 0. The number of aliphatic carboxylic acids is 2. The zero-order valence-corrected chi connectivity index (χ0v) is 13.5. The van der Waals surface area contributed by atoms with E-state index in [0.717, 1.165) is 24.8 Å². The lowest BCUT2D eigenvalue weighted by atomic mass is 9.95. The summed E-state index contributed by atoms with van der Waals surface area (Å²) in [5, 5.41) is 18.4. The van der Waals surface area contributed by atoms with E-state index in [-0.39, 0.29) is 0 Å². The summed E-state index contributed by atoms with van der Waals surface area (Å²) in [6.07, 6.45) is 8.07. The van der Waals surface area contributed by atoms with Gasteiger partial charge in [0.2, 0.25) is 0 Å². The van der Waals surface area contributed by atoms with Crippen LogP contribution in [-0.2, 0) is 16.0 Å². The number of carbonyl (C=O) groups is 2. The quantitative estimate of drug-likeness (QED) is 0.720. The highest BCUT2D eigenvalue weighted by atomic mass is 16.5. The summed E-state index contributed by atoms with van der Waals surface area (Å²) in [5.41, 5.74) is 1.38. The Morgan fingerprint density at radius 2 is 1.65 bits per heavy atom. The fourth-order valence-electron chi connectivity index (χ4n) is 2.52. The van der Waals surface area contributed by atoms with Crippen LogP contribution in [0.1, 0.15) is 37.7 Å². The van der Waals surface area contributed by atoms with Crippen molar-refractivity contribution in [2.45, 2.75) is 44.6 Å². The van der Waals surface area contributed by atoms with Gasteiger partial charge < -0.3 is 20.3 Å². The molecule has 1 aliphatic carbocycles. The molecule has 0 unspecified atom stereocenters. The maximum Gasteiger partial charge on any atom is 0.414 e. The maximum atomic E-state index is 9.10. The van der Waals surface area contributed by atoms with Crippen LogP contribution in [0.2, 0.25) is 0 Å². The van der Waals surface area contributed by atoms with E-state index < -0.39 is 11.9 Å². The highest BCUT2D eigenvalue weighted by Gasteiger charge is 2.11. The lowest BCUT2D eigenvalue weighted by molar-refractivity contribution is -0.159. The second kappa shape index (κ2) is 10.6. The van der Waals surface area contributed by atoms with Crippen molar-refractivity contribution in [2.24, 2.45) is 0 Å². The molecular weight excluding hydrogens is 298 g/mol. The van der Waals surface area contributed by atoms with Gasteiger partial charge in [0.05, 0.1) is 7.11 Å². The van der Waals surface area contributed by atoms with Crippen LogP contribution in [0.15, 0.2) is 24.3 Å². The molecule has 1 fully saturated rings. The third-order valence-corrected chi connectivity index (χ3v) is 3.79. The summed E-state index contributed by atoms with van der Waals surface area (Å²) in [7, 11) is 1.71. The standard InChI is InChI=1S/C15H23NO.C2H2O4/c1-17-15-9-7-13(8-10-15)11-12-16-14-5-3-2-4-6-14;3-1(4)2(5)6/h7-10,14,16H,2-6,11-12H2,1H3;(H,3,4)(H,5,6). The zero-order chi connectivity index (χ0) is 17.1. The number of ether oxygens (including phenoxy) is 1. The Labute approximate surface area is 136 Å². The van der Waals surface area contributed by atoms with E-state index >= 15 is 0 Å². The summed E-state index contributed by atoms with van der Waals surface area (Å²) in [5.74, 6) is -2.71. The molecule has 0 atom stereocenters. The van der Waals surface area contributed by atoms with Crippen molar-refractivity contribution in [3.8, 4) is 5.75 Å². The Hall–Kier alpha value is -2.08. The Balaban J connectivity index is 0.000000379. The Kier molecular flexibility index (Phi) is 8.75. The average Bonchev–Trinajstić information content (AvgIpc) is 2.57. The van der Waals surface area contributed by atoms with Gasteiger partial charge in [-0.15, -0.1) is 0 Å². The van der Waals surface area contributed by atoms with Gasteiger partial charge in [-0.3, -0.25) is 0 Å². The van der Waals surface area contributed by atoms with Gasteiger partial charge in [-0.2, -0.15) is 0 Å². The number of hydrogen-bond acceptors (Lipinski definition) is 4. The molecule has 0 aliphatic heterocycles. The lowest BCUT2D eigenvalue weighted by Gasteiger charge is -2.22. The highest BCUT2D eigenvalue weighted by molar-refractivity contribution is 6.27. The van der Waals surface area contributed by atoms with Crippen LogP contribution in [-0.4, -0.2) is 41.8 Å². The normalized spacial score (nSPS) is 14.5. The van der Waals surface area contributed by atoms with E-state index in [1.54, 1.807) is 7.11 Å². The Bertz CT molecular complexity index is 468. The molecule has 23 heavy (non-hydrogen) atoms. The van der Waals surface area contributed by atoms with Crippen LogP contribution in [0, 0.1) is 0 Å². The summed E-state index contributed by atoms with van der Waals surface area (Å²) in [6, 6.07) is 9.15. The van der Waals surface area contributed by atoms with Gasteiger partial charge in [-0.25, -0.2) is 9.59 Å². The molecule has 0 aromatic heterocycles. The molecule has 6 nitrogen and oxygen atoms in total. The average molecular weight is 323 g/mol. The van der Waals surface area contributed by atoms with E-state index in [1.165, 1.54) is 37.7 Å². The maximum absolute atomic E-state index is 9.10. The monoisotopic (exact) mass is 323 g/mol. The molecule has 0 spiro atoms. The number of carboxylic acids is 2. The van der Waals surface area contributed by atoms with E-state index in [4.69, 9.17) is 24.5 Å². The molecule has 0 heterocycles. The minimum atomic E-state index is -1.82. The number of hydrogen-bond donors (Lipinski definition) is 3. The minimum Gasteiger partial charge on any atom is -0.497 e. The first-order valence-corrected chi connectivity index (χ1v) is 7.85. The fraction of sp³-hybridized carbons (Fsp3) is 0.529. The molecule has 0 amide bonds. The molecule has 1 aliphatic rings. The number of nitrogens with one attached hydrogen (secondary N) is 1. The SMILES string of the molecule is COc1ccc(CCNC2CCCCC2)cc1.O=C(O)C(=O)O. The van der Waals surface area contributed by atoms with Gasteiger partial charge in [0, 0.05) is 6.04 Å². The lowest BCUT2D eigenvalue weighted by Crippen LogP contribution is -2.32. The smallest absolute Gasteiger partial charge is 0.414 e. The predicted octanol–water partition coefficient (Wildman–Crippen LogP) is 2.32. The molecular formula is C17H25NO5. The van der Waals surface area contributed by atoms with Crippen molar-refractivity contribution in [1.82, 2.24) is 5.32 Å². The number of rotatable bonds is 5. The Morgan fingerprint density at radius 1 is 1.09 bits per heavy atom. The summed E-state index contributed by atoms with van der Waals surface area (Å²) in [6.45, 7) is 1.09. The topological polar surface area (TPSA) is 95.9 Å². The van der Waals surface area contributed by atoms with Crippen molar-refractivity contribution in [2.75, 3.05) is 13.7 Å². The van der Waals surface area contributed by atoms with E-state index in [2.05, 4.69) is 17.4 Å². The highest BCUT2D eigenvalue weighted by Crippen LogP contribution is 2.17. The van der Waals surface area contributed by atoms with Crippen LogP contribution < -0.4 is 10.1 Å². The molecule has 0 radical (unpaired) electrons. The van der Waals surface area contributed by atoms with Gasteiger partial charge in [-0.05, 0) is 43.5 Å². The summed E-state index contributed by atoms with van der Waals surface area (Å²) in [4.78, 5) is 18.2. The Morgan fingerprint density at radius 3 is 2.13 bits per heavy atom. The van der Waals surface area contributed by atoms with Gasteiger partial charge in [0.25, 0.3) is 0 Å². The number of methoxy groups -OCH3 is 1. The van der Waals surface area contributed by atoms with E-state index in [9.17, 15) is 0 Å². The van der Waals surface area contributed by atoms with Crippen molar-refractivity contribution < 1.29 is 24.5 Å². The van der Waals surface area contributed by atoms with Crippen molar-refractivity contribution in [1.29, 1.82) is 0 Å². The largest absolute Gasteiger partial charge is 0.497 e. The number of benzene rings is 1. The molecule has 3 N–H and O–H groups in total. The molecule has 1 aromatic carbocycles. The van der Waals surface area contributed by atoms with E-state index in [1.807, 2.05) is 12.1 Å². The molecule has 6 heteroatoms.